The van der Waals surface area contributed by atoms with Crippen LogP contribution in [0.2, 0.25) is 0 Å². The Kier molecular flexibility index (Phi) is 2.86. The van der Waals surface area contributed by atoms with E-state index in [9.17, 15) is 22.8 Å². The van der Waals surface area contributed by atoms with Gasteiger partial charge in [-0.05, 0) is 0 Å². The summed E-state index contributed by atoms with van der Waals surface area (Å²) in [4.78, 5) is 27.1. The zero-order chi connectivity index (χ0) is 14.5. The van der Waals surface area contributed by atoms with Crippen LogP contribution in [0.3, 0.4) is 0 Å². The topological polar surface area (TPSA) is 49.7 Å². The third-order valence-corrected chi connectivity index (χ3v) is 4.26. The maximum Gasteiger partial charge on any atom is 0.471 e. The number of carbonyl (C=O) groups is 2. The molecule has 0 aromatic heterocycles. The third-order valence-electron chi connectivity index (χ3n) is 2.99. The monoisotopic (exact) mass is 300 g/mol. The molecule has 1 saturated heterocycles. The number of carbonyl (C=O) groups excluding carboxylic acids is 2. The van der Waals surface area contributed by atoms with E-state index in [1.54, 1.807) is 30.3 Å². The number of thioether (sulfide) groups is 1. The number of rotatable bonds is 1. The SMILES string of the molecule is O=C1C2N=C(c3ccccc3)SC2N1C(=O)C(F)(F)F. The lowest BCUT2D eigenvalue weighted by Gasteiger charge is -2.39. The first-order valence-electron chi connectivity index (χ1n) is 5.63. The van der Waals surface area contributed by atoms with Crippen LogP contribution < -0.4 is 0 Å². The van der Waals surface area contributed by atoms with Crippen LogP contribution in [-0.2, 0) is 9.59 Å². The van der Waals surface area contributed by atoms with E-state index in [2.05, 4.69) is 4.99 Å². The summed E-state index contributed by atoms with van der Waals surface area (Å²) in [6.07, 6.45) is -5.04. The molecule has 3 rings (SSSR count). The molecule has 2 heterocycles. The fourth-order valence-corrected chi connectivity index (χ4v) is 3.32. The van der Waals surface area contributed by atoms with Gasteiger partial charge in [0, 0.05) is 5.56 Å². The lowest BCUT2D eigenvalue weighted by atomic mass is 10.1. The number of benzene rings is 1. The standard InChI is InChI=1S/C12H7F3N2O2S/c13-12(14,15)11(19)17-9(18)7-10(17)20-8(16-7)6-4-2-1-3-5-6/h1-5,7,10H. The fraction of sp³-hybridized carbons (Fsp3) is 0.250. The van der Waals surface area contributed by atoms with Crippen molar-refractivity contribution in [2.75, 3.05) is 0 Å². The molecule has 0 bridgehead atoms. The largest absolute Gasteiger partial charge is 0.471 e. The predicted molar refractivity (Wildman–Crippen MR) is 66.1 cm³/mol. The molecule has 20 heavy (non-hydrogen) atoms. The number of imide groups is 1. The minimum atomic E-state index is -5.04. The van der Waals surface area contributed by atoms with E-state index in [4.69, 9.17) is 0 Å². The van der Waals surface area contributed by atoms with Crippen LogP contribution in [0, 0.1) is 0 Å². The molecule has 0 radical (unpaired) electrons. The normalized spacial score (nSPS) is 25.1. The number of hydrogen-bond donors (Lipinski definition) is 0. The van der Waals surface area contributed by atoms with Gasteiger partial charge in [0.15, 0.2) is 6.04 Å². The van der Waals surface area contributed by atoms with Crippen molar-refractivity contribution in [1.82, 2.24) is 4.90 Å². The molecule has 1 fully saturated rings. The Bertz CT molecular complexity index is 615. The highest BCUT2D eigenvalue weighted by atomic mass is 32.2. The minimum absolute atomic E-state index is 0.245. The Morgan fingerprint density at radius 1 is 1.25 bits per heavy atom. The summed E-state index contributed by atoms with van der Waals surface area (Å²) >= 11 is 1.00. The van der Waals surface area contributed by atoms with Gasteiger partial charge in [-0.1, -0.05) is 42.1 Å². The maximum atomic E-state index is 12.4. The average molecular weight is 300 g/mol. The second kappa shape index (κ2) is 4.34. The van der Waals surface area contributed by atoms with Crippen molar-refractivity contribution >= 4 is 28.6 Å². The van der Waals surface area contributed by atoms with Gasteiger partial charge in [0.25, 0.3) is 5.91 Å². The predicted octanol–water partition coefficient (Wildman–Crippen LogP) is 1.81. The van der Waals surface area contributed by atoms with Crippen molar-refractivity contribution in [2.45, 2.75) is 17.6 Å². The van der Waals surface area contributed by atoms with E-state index in [-0.39, 0.29) is 4.90 Å². The molecule has 2 amide bonds. The Morgan fingerprint density at radius 2 is 1.90 bits per heavy atom. The summed E-state index contributed by atoms with van der Waals surface area (Å²) in [6.45, 7) is 0. The third kappa shape index (κ3) is 1.91. The van der Waals surface area contributed by atoms with Crippen LogP contribution in [0.1, 0.15) is 5.56 Å². The summed E-state index contributed by atoms with van der Waals surface area (Å²) in [7, 11) is 0. The van der Waals surface area contributed by atoms with Gasteiger partial charge in [-0.25, -0.2) is 0 Å². The molecular weight excluding hydrogens is 293 g/mol. The van der Waals surface area contributed by atoms with E-state index in [1.807, 2.05) is 0 Å². The molecule has 1 aromatic carbocycles. The van der Waals surface area contributed by atoms with E-state index >= 15 is 0 Å². The zero-order valence-corrected chi connectivity index (χ0v) is 10.6. The van der Waals surface area contributed by atoms with Crippen molar-refractivity contribution < 1.29 is 22.8 Å². The quantitative estimate of drug-likeness (QED) is 0.743. The molecule has 0 N–H and O–H groups in total. The molecule has 2 unspecified atom stereocenters. The number of fused-ring (bicyclic) bond motifs is 1. The molecule has 2 aliphatic rings. The first-order chi connectivity index (χ1) is 9.39. The number of halogens is 3. The number of alkyl halides is 3. The number of aliphatic imine (C=N–C) groups is 1. The fourth-order valence-electron chi connectivity index (χ4n) is 2.03. The summed E-state index contributed by atoms with van der Waals surface area (Å²) in [6, 6.07) is 7.93. The summed E-state index contributed by atoms with van der Waals surface area (Å²) < 4.78 is 37.1. The van der Waals surface area contributed by atoms with E-state index in [1.165, 1.54) is 0 Å². The summed E-state index contributed by atoms with van der Waals surface area (Å²) in [5, 5.41) is -0.404. The molecule has 1 aromatic rings. The second-order valence-electron chi connectivity index (χ2n) is 4.26. The summed E-state index contributed by atoms with van der Waals surface area (Å²) in [5.74, 6) is -3.02. The number of likely N-dealkylation sites (tertiary alicyclic amines) is 1. The van der Waals surface area contributed by atoms with Gasteiger partial charge in [-0.15, -0.1) is 0 Å². The Hall–Kier alpha value is -1.83. The number of β-lactam (4-membered cyclic amide) rings is 1. The van der Waals surface area contributed by atoms with Gasteiger partial charge in [0.05, 0.1) is 0 Å². The van der Waals surface area contributed by atoms with Gasteiger partial charge < -0.3 is 0 Å². The van der Waals surface area contributed by atoms with Gasteiger partial charge in [-0.3, -0.25) is 19.5 Å². The van der Waals surface area contributed by atoms with Crippen LogP contribution in [0.5, 0.6) is 0 Å². The van der Waals surface area contributed by atoms with Crippen molar-refractivity contribution in [3.8, 4) is 0 Å². The van der Waals surface area contributed by atoms with E-state index in [0.29, 0.717) is 5.04 Å². The van der Waals surface area contributed by atoms with E-state index in [0.717, 1.165) is 17.3 Å². The number of amides is 2. The van der Waals surface area contributed by atoms with E-state index < -0.39 is 29.4 Å². The summed E-state index contributed by atoms with van der Waals surface area (Å²) in [5.41, 5.74) is 0.721. The van der Waals surface area contributed by atoms with Crippen molar-refractivity contribution in [3.63, 3.8) is 0 Å². The average Bonchev–Trinajstić information content (AvgIpc) is 2.79. The first kappa shape index (κ1) is 13.2. The van der Waals surface area contributed by atoms with Crippen LogP contribution >= 0.6 is 11.8 Å². The molecule has 0 aliphatic carbocycles. The van der Waals surface area contributed by atoms with Gasteiger partial charge in [0.2, 0.25) is 0 Å². The lowest BCUT2D eigenvalue weighted by molar-refractivity contribution is -0.193. The maximum absolute atomic E-state index is 12.4. The van der Waals surface area contributed by atoms with Gasteiger partial charge in [-0.2, -0.15) is 13.2 Å². The Morgan fingerprint density at radius 3 is 2.50 bits per heavy atom. The zero-order valence-electron chi connectivity index (χ0n) is 9.79. The van der Waals surface area contributed by atoms with Gasteiger partial charge in [0.1, 0.15) is 10.4 Å². The smallest absolute Gasteiger partial charge is 0.272 e. The number of nitrogens with zero attached hydrogens (tertiary/aromatic N) is 2. The van der Waals surface area contributed by atoms with Crippen molar-refractivity contribution in [3.05, 3.63) is 35.9 Å². The first-order valence-corrected chi connectivity index (χ1v) is 6.51. The highest BCUT2D eigenvalue weighted by Crippen LogP contribution is 2.42. The van der Waals surface area contributed by atoms with Crippen LogP contribution in [0.4, 0.5) is 13.2 Å². The lowest BCUT2D eigenvalue weighted by Crippen LogP contribution is -2.65. The molecular formula is C12H7F3N2O2S. The van der Waals surface area contributed by atoms with Crippen molar-refractivity contribution in [1.29, 1.82) is 0 Å². The Balaban J connectivity index is 1.81. The molecule has 8 heteroatoms. The van der Waals surface area contributed by atoms with Crippen LogP contribution in [0.25, 0.3) is 0 Å². The molecule has 104 valence electrons. The highest BCUT2D eigenvalue weighted by molar-refractivity contribution is 8.15. The minimum Gasteiger partial charge on any atom is -0.272 e. The molecule has 2 atom stereocenters. The molecule has 2 aliphatic heterocycles. The molecule has 0 saturated carbocycles. The Labute approximate surface area is 115 Å². The van der Waals surface area contributed by atoms with Crippen LogP contribution in [0.15, 0.2) is 35.3 Å². The highest BCUT2D eigenvalue weighted by Gasteiger charge is 2.60. The molecule has 0 spiro atoms. The molecule has 4 nitrogen and oxygen atoms in total. The van der Waals surface area contributed by atoms with Crippen molar-refractivity contribution in [2.24, 2.45) is 4.99 Å². The number of hydrogen-bond acceptors (Lipinski definition) is 4. The second-order valence-corrected chi connectivity index (χ2v) is 5.37. The van der Waals surface area contributed by atoms with Gasteiger partial charge >= 0.3 is 12.1 Å². The van der Waals surface area contributed by atoms with Crippen LogP contribution in [-0.4, -0.2) is 39.3 Å².